The average Bonchev–Trinajstić information content (AvgIpc) is 2.26. The molecule has 0 saturated heterocycles. The summed E-state index contributed by atoms with van der Waals surface area (Å²) >= 11 is 0. The standard InChI is InChI=1S/C12H17N3O2/c1-14-12(17)10-3-2-7(13)4-11(10)15-8-5-9(16)6-8/h2-4,8-9,15-16H,5-6,13H2,1H3,(H,14,17). The molecule has 0 aromatic heterocycles. The van der Waals surface area contributed by atoms with Crippen molar-refractivity contribution < 1.29 is 9.90 Å². The molecule has 1 amide bonds. The second-order valence-electron chi connectivity index (χ2n) is 4.35. The van der Waals surface area contributed by atoms with Crippen LogP contribution in [0.5, 0.6) is 0 Å². The van der Waals surface area contributed by atoms with Gasteiger partial charge in [-0.2, -0.15) is 0 Å². The van der Waals surface area contributed by atoms with E-state index in [1.165, 1.54) is 0 Å². The van der Waals surface area contributed by atoms with Gasteiger partial charge >= 0.3 is 0 Å². The molecule has 0 aliphatic heterocycles. The van der Waals surface area contributed by atoms with Crippen molar-refractivity contribution in [2.75, 3.05) is 18.1 Å². The topological polar surface area (TPSA) is 87.4 Å². The Morgan fingerprint density at radius 3 is 2.76 bits per heavy atom. The van der Waals surface area contributed by atoms with E-state index in [2.05, 4.69) is 10.6 Å². The fourth-order valence-electron chi connectivity index (χ4n) is 1.94. The van der Waals surface area contributed by atoms with Crippen LogP contribution in [0.1, 0.15) is 23.2 Å². The molecule has 0 unspecified atom stereocenters. The van der Waals surface area contributed by atoms with E-state index in [4.69, 9.17) is 5.73 Å². The zero-order valence-electron chi connectivity index (χ0n) is 9.73. The molecule has 0 spiro atoms. The number of anilines is 2. The Bertz CT molecular complexity index is 428. The molecule has 17 heavy (non-hydrogen) atoms. The van der Waals surface area contributed by atoms with Crippen molar-refractivity contribution in [2.24, 2.45) is 0 Å². The van der Waals surface area contributed by atoms with E-state index in [0.717, 1.165) is 5.69 Å². The third kappa shape index (κ3) is 2.50. The number of nitrogens with two attached hydrogens (primary N) is 1. The second-order valence-corrected chi connectivity index (χ2v) is 4.35. The number of carbonyl (C=O) groups is 1. The predicted molar refractivity (Wildman–Crippen MR) is 66.9 cm³/mol. The zero-order valence-corrected chi connectivity index (χ0v) is 9.73. The van der Waals surface area contributed by atoms with Gasteiger partial charge in [0.15, 0.2) is 0 Å². The number of amides is 1. The van der Waals surface area contributed by atoms with Crippen molar-refractivity contribution in [2.45, 2.75) is 25.0 Å². The minimum Gasteiger partial charge on any atom is -0.399 e. The van der Waals surface area contributed by atoms with Crippen LogP contribution in [0.4, 0.5) is 11.4 Å². The molecule has 5 nitrogen and oxygen atoms in total. The SMILES string of the molecule is CNC(=O)c1ccc(N)cc1NC1CC(O)C1. The van der Waals surface area contributed by atoms with Crippen molar-refractivity contribution in [1.29, 1.82) is 0 Å². The molecule has 0 bridgehead atoms. The molecule has 5 N–H and O–H groups in total. The Labute approximate surface area is 100 Å². The van der Waals surface area contributed by atoms with E-state index in [1.807, 2.05) is 0 Å². The molecule has 1 fully saturated rings. The van der Waals surface area contributed by atoms with Crippen molar-refractivity contribution in [3.63, 3.8) is 0 Å². The highest BCUT2D eigenvalue weighted by Gasteiger charge is 2.27. The summed E-state index contributed by atoms with van der Waals surface area (Å²) in [6, 6.07) is 5.36. The summed E-state index contributed by atoms with van der Waals surface area (Å²) in [6.07, 6.45) is 1.20. The molecule has 0 heterocycles. The Kier molecular flexibility index (Phi) is 3.19. The number of aliphatic hydroxyl groups excluding tert-OH is 1. The molecule has 92 valence electrons. The molecule has 1 aliphatic rings. The lowest BCUT2D eigenvalue weighted by atomic mass is 9.89. The normalized spacial score (nSPS) is 22.7. The Morgan fingerprint density at radius 2 is 2.18 bits per heavy atom. The summed E-state index contributed by atoms with van der Waals surface area (Å²) in [4.78, 5) is 11.7. The first-order chi connectivity index (χ1) is 8.10. The monoisotopic (exact) mass is 235 g/mol. The Hall–Kier alpha value is -1.75. The minimum atomic E-state index is -0.225. The van der Waals surface area contributed by atoms with Crippen LogP contribution in [0, 0.1) is 0 Å². The van der Waals surface area contributed by atoms with E-state index >= 15 is 0 Å². The van der Waals surface area contributed by atoms with Gasteiger partial charge in [-0.15, -0.1) is 0 Å². The van der Waals surface area contributed by atoms with Crippen LogP contribution in [-0.4, -0.2) is 30.2 Å². The number of rotatable bonds is 3. The van der Waals surface area contributed by atoms with Gasteiger partial charge < -0.3 is 21.5 Å². The smallest absolute Gasteiger partial charge is 0.253 e. The number of nitrogens with one attached hydrogen (secondary N) is 2. The summed E-state index contributed by atoms with van der Waals surface area (Å²) in [6.45, 7) is 0. The van der Waals surface area contributed by atoms with Crippen LogP contribution in [0.2, 0.25) is 0 Å². The van der Waals surface area contributed by atoms with Crippen molar-refractivity contribution in [3.8, 4) is 0 Å². The van der Waals surface area contributed by atoms with Gasteiger partial charge in [0.05, 0.1) is 11.7 Å². The summed E-state index contributed by atoms with van der Waals surface area (Å²) in [5, 5.41) is 15.1. The van der Waals surface area contributed by atoms with Gasteiger partial charge in [0.25, 0.3) is 5.91 Å². The maximum absolute atomic E-state index is 11.7. The number of carbonyl (C=O) groups excluding carboxylic acids is 1. The molecule has 2 rings (SSSR count). The van der Waals surface area contributed by atoms with E-state index < -0.39 is 0 Å². The van der Waals surface area contributed by atoms with Crippen LogP contribution in [0.25, 0.3) is 0 Å². The van der Waals surface area contributed by atoms with E-state index in [9.17, 15) is 9.90 Å². The molecule has 1 saturated carbocycles. The molecule has 0 radical (unpaired) electrons. The lowest BCUT2D eigenvalue weighted by Crippen LogP contribution is -2.39. The fraction of sp³-hybridized carbons (Fsp3) is 0.417. The molecule has 1 aromatic rings. The Balaban J connectivity index is 2.18. The van der Waals surface area contributed by atoms with Crippen molar-refractivity contribution in [3.05, 3.63) is 23.8 Å². The first-order valence-corrected chi connectivity index (χ1v) is 5.66. The van der Waals surface area contributed by atoms with Crippen LogP contribution in [0.15, 0.2) is 18.2 Å². The highest BCUT2D eigenvalue weighted by atomic mass is 16.3. The quantitative estimate of drug-likeness (QED) is 0.577. The van der Waals surface area contributed by atoms with Gasteiger partial charge in [-0.25, -0.2) is 0 Å². The summed E-state index contributed by atoms with van der Waals surface area (Å²) in [7, 11) is 1.59. The predicted octanol–water partition coefficient (Wildman–Crippen LogP) is 0.564. The highest BCUT2D eigenvalue weighted by molar-refractivity contribution is 6.00. The lowest BCUT2D eigenvalue weighted by Gasteiger charge is -2.33. The van der Waals surface area contributed by atoms with Crippen molar-refractivity contribution >= 4 is 17.3 Å². The minimum absolute atomic E-state index is 0.146. The van der Waals surface area contributed by atoms with Gasteiger partial charge in [0.1, 0.15) is 0 Å². The summed E-state index contributed by atoms with van der Waals surface area (Å²) in [5.74, 6) is -0.146. The molecular formula is C12H17N3O2. The van der Waals surface area contributed by atoms with Crippen LogP contribution in [0.3, 0.4) is 0 Å². The average molecular weight is 235 g/mol. The first-order valence-electron chi connectivity index (χ1n) is 5.66. The lowest BCUT2D eigenvalue weighted by molar-refractivity contribution is 0.0836. The second kappa shape index (κ2) is 4.63. The van der Waals surface area contributed by atoms with E-state index in [1.54, 1.807) is 25.2 Å². The maximum atomic E-state index is 11.7. The van der Waals surface area contributed by atoms with E-state index in [0.29, 0.717) is 24.1 Å². The number of hydrogen-bond acceptors (Lipinski definition) is 4. The first kappa shape index (κ1) is 11.7. The summed E-state index contributed by atoms with van der Waals surface area (Å²) in [5.41, 5.74) is 7.62. The molecule has 0 atom stereocenters. The van der Waals surface area contributed by atoms with Crippen LogP contribution >= 0.6 is 0 Å². The fourth-order valence-corrected chi connectivity index (χ4v) is 1.94. The summed E-state index contributed by atoms with van der Waals surface area (Å²) < 4.78 is 0. The molecule has 5 heteroatoms. The van der Waals surface area contributed by atoms with Gasteiger partial charge in [-0.3, -0.25) is 4.79 Å². The van der Waals surface area contributed by atoms with Crippen LogP contribution < -0.4 is 16.4 Å². The number of aliphatic hydroxyl groups is 1. The maximum Gasteiger partial charge on any atom is 0.253 e. The largest absolute Gasteiger partial charge is 0.399 e. The van der Waals surface area contributed by atoms with E-state index in [-0.39, 0.29) is 18.1 Å². The Morgan fingerprint density at radius 1 is 1.47 bits per heavy atom. The number of hydrogen-bond donors (Lipinski definition) is 4. The third-order valence-corrected chi connectivity index (χ3v) is 2.99. The van der Waals surface area contributed by atoms with Gasteiger partial charge in [0, 0.05) is 24.5 Å². The zero-order chi connectivity index (χ0) is 12.4. The highest BCUT2D eigenvalue weighted by Crippen LogP contribution is 2.27. The number of benzene rings is 1. The number of nitrogen functional groups attached to an aromatic ring is 1. The van der Waals surface area contributed by atoms with Gasteiger partial charge in [-0.05, 0) is 31.0 Å². The third-order valence-electron chi connectivity index (χ3n) is 2.99. The molecule has 1 aromatic carbocycles. The molecular weight excluding hydrogens is 218 g/mol. The molecule has 1 aliphatic carbocycles. The van der Waals surface area contributed by atoms with Gasteiger partial charge in [0.2, 0.25) is 0 Å². The van der Waals surface area contributed by atoms with Crippen LogP contribution in [-0.2, 0) is 0 Å². The van der Waals surface area contributed by atoms with Gasteiger partial charge in [-0.1, -0.05) is 0 Å². The van der Waals surface area contributed by atoms with Crippen molar-refractivity contribution in [1.82, 2.24) is 5.32 Å².